The Bertz CT molecular complexity index is 386. The summed E-state index contributed by atoms with van der Waals surface area (Å²) in [5.41, 5.74) is -0.374. The van der Waals surface area contributed by atoms with E-state index in [0.717, 1.165) is 0 Å². The predicted molar refractivity (Wildman–Crippen MR) is 50.1 cm³/mol. The molecule has 0 heterocycles. The molecule has 0 aliphatic carbocycles. The molecule has 0 amide bonds. The minimum atomic E-state index is -1.29. The molecule has 0 aliphatic heterocycles. The van der Waals surface area contributed by atoms with Crippen LogP contribution in [0.15, 0.2) is 18.2 Å². The molecule has 1 aromatic carbocycles. The minimum Gasteiger partial charge on any atom is -0.506 e. The van der Waals surface area contributed by atoms with E-state index >= 15 is 0 Å². The van der Waals surface area contributed by atoms with Crippen molar-refractivity contribution in [2.45, 2.75) is 0 Å². The number of aromatic carboxylic acids is 1. The van der Waals surface area contributed by atoms with E-state index in [1.165, 1.54) is 18.2 Å². The molecule has 2 N–H and O–H groups in total. The molecule has 0 aromatic heterocycles. The number of ketones is 1. The first kappa shape index (κ1) is 10.5. The lowest BCUT2D eigenvalue weighted by Gasteiger charge is -2.03. The number of phenols is 1. The van der Waals surface area contributed by atoms with Gasteiger partial charge in [-0.05, 0) is 12.1 Å². The fraction of sp³-hybridized carbons (Fsp3) is 0.111. The molecular weight excluding hydrogens is 208 g/mol. The maximum Gasteiger partial charge on any atom is 0.339 e. The molecular formula is C9H7ClO4. The largest absolute Gasteiger partial charge is 0.506 e. The van der Waals surface area contributed by atoms with Gasteiger partial charge in [0.25, 0.3) is 0 Å². The molecule has 0 radical (unpaired) electrons. The molecule has 74 valence electrons. The van der Waals surface area contributed by atoms with Gasteiger partial charge in [0.15, 0.2) is 5.78 Å². The summed E-state index contributed by atoms with van der Waals surface area (Å²) in [4.78, 5) is 21.7. The highest BCUT2D eigenvalue weighted by Crippen LogP contribution is 2.23. The van der Waals surface area contributed by atoms with Crippen LogP contribution in [0.1, 0.15) is 20.7 Å². The molecule has 0 saturated heterocycles. The van der Waals surface area contributed by atoms with Crippen LogP contribution in [0.3, 0.4) is 0 Å². The molecule has 0 aliphatic rings. The van der Waals surface area contributed by atoms with Gasteiger partial charge in [-0.15, -0.1) is 11.6 Å². The van der Waals surface area contributed by atoms with Gasteiger partial charge >= 0.3 is 5.97 Å². The quantitative estimate of drug-likeness (QED) is 0.591. The van der Waals surface area contributed by atoms with Crippen LogP contribution in [0.25, 0.3) is 0 Å². The summed E-state index contributed by atoms with van der Waals surface area (Å²) in [5.74, 6) is -2.62. The minimum absolute atomic E-state index is 0.0695. The number of Topliss-reactive ketones (excluding diaryl/α,β-unsaturated/α-hetero) is 1. The number of hydrogen-bond acceptors (Lipinski definition) is 3. The van der Waals surface area contributed by atoms with Gasteiger partial charge in [-0.1, -0.05) is 6.07 Å². The maximum atomic E-state index is 11.1. The molecule has 0 atom stereocenters. The van der Waals surface area contributed by atoms with E-state index in [4.69, 9.17) is 16.7 Å². The monoisotopic (exact) mass is 214 g/mol. The van der Waals surface area contributed by atoms with Crippen molar-refractivity contribution in [3.63, 3.8) is 0 Å². The summed E-state index contributed by atoms with van der Waals surface area (Å²) in [6, 6.07) is 3.91. The zero-order valence-electron chi connectivity index (χ0n) is 7.03. The Hall–Kier alpha value is -1.55. The number of carboxylic acids is 1. The number of carboxylic acid groups (broad SMARTS) is 1. The Morgan fingerprint density at radius 2 is 1.86 bits per heavy atom. The zero-order valence-corrected chi connectivity index (χ0v) is 7.78. The Morgan fingerprint density at radius 1 is 1.29 bits per heavy atom. The first-order chi connectivity index (χ1) is 6.57. The summed E-state index contributed by atoms with van der Waals surface area (Å²) >= 11 is 5.28. The van der Waals surface area contributed by atoms with Crippen molar-refractivity contribution < 1.29 is 19.8 Å². The fourth-order valence-corrected chi connectivity index (χ4v) is 1.16. The standard InChI is InChI=1S/C9H7ClO4/c10-4-7(11)5-2-1-3-6(8(5)12)9(13)14/h1-3,12H,4H2,(H,13,14). The SMILES string of the molecule is O=C(O)c1cccc(C(=O)CCl)c1O. The van der Waals surface area contributed by atoms with Gasteiger partial charge in [-0.3, -0.25) is 4.79 Å². The average Bonchev–Trinajstić information content (AvgIpc) is 2.16. The van der Waals surface area contributed by atoms with E-state index in [-0.39, 0.29) is 17.0 Å². The second-order valence-electron chi connectivity index (χ2n) is 2.56. The highest BCUT2D eigenvalue weighted by atomic mass is 35.5. The van der Waals surface area contributed by atoms with Crippen LogP contribution in [0.5, 0.6) is 5.75 Å². The van der Waals surface area contributed by atoms with Gasteiger partial charge in [0.2, 0.25) is 0 Å². The van der Waals surface area contributed by atoms with E-state index in [1.807, 2.05) is 0 Å². The third kappa shape index (κ3) is 1.85. The lowest BCUT2D eigenvalue weighted by Crippen LogP contribution is -2.04. The van der Waals surface area contributed by atoms with Crippen molar-refractivity contribution in [2.24, 2.45) is 0 Å². The topological polar surface area (TPSA) is 74.6 Å². The molecule has 0 unspecified atom stereocenters. The van der Waals surface area contributed by atoms with Gasteiger partial charge < -0.3 is 10.2 Å². The van der Waals surface area contributed by atoms with Gasteiger partial charge in [0, 0.05) is 0 Å². The van der Waals surface area contributed by atoms with Crippen LogP contribution < -0.4 is 0 Å². The normalized spacial score (nSPS) is 9.79. The van der Waals surface area contributed by atoms with E-state index in [1.54, 1.807) is 0 Å². The second kappa shape index (κ2) is 4.11. The summed E-state index contributed by atoms with van der Waals surface area (Å²) in [5, 5.41) is 18.0. The second-order valence-corrected chi connectivity index (χ2v) is 2.83. The third-order valence-corrected chi connectivity index (χ3v) is 1.93. The summed E-state index contributed by atoms with van der Waals surface area (Å²) in [6.45, 7) is 0. The molecule has 0 saturated carbocycles. The fourth-order valence-electron chi connectivity index (χ4n) is 1.01. The maximum absolute atomic E-state index is 11.1. The molecule has 5 heteroatoms. The Balaban J connectivity index is 3.27. The average molecular weight is 215 g/mol. The van der Waals surface area contributed by atoms with Crippen LogP contribution in [0.4, 0.5) is 0 Å². The number of alkyl halides is 1. The first-order valence-electron chi connectivity index (χ1n) is 3.72. The molecule has 1 aromatic rings. The van der Waals surface area contributed by atoms with Crippen molar-refractivity contribution in [1.82, 2.24) is 0 Å². The van der Waals surface area contributed by atoms with Crippen molar-refractivity contribution >= 4 is 23.4 Å². The summed E-state index contributed by atoms with van der Waals surface area (Å²) in [7, 11) is 0. The number of hydrogen-bond donors (Lipinski definition) is 2. The summed E-state index contributed by atoms with van der Waals surface area (Å²) in [6.07, 6.45) is 0. The van der Waals surface area contributed by atoms with E-state index in [9.17, 15) is 14.7 Å². The van der Waals surface area contributed by atoms with Gasteiger partial charge in [0.05, 0.1) is 11.4 Å². The molecule has 0 bridgehead atoms. The smallest absolute Gasteiger partial charge is 0.339 e. The van der Waals surface area contributed by atoms with Crippen LogP contribution in [0, 0.1) is 0 Å². The Labute approximate surface area is 84.7 Å². The van der Waals surface area contributed by atoms with Crippen molar-refractivity contribution in [3.8, 4) is 5.75 Å². The highest BCUT2D eigenvalue weighted by Gasteiger charge is 2.16. The Kier molecular flexibility index (Phi) is 3.09. The molecule has 1 rings (SSSR count). The van der Waals surface area contributed by atoms with Gasteiger partial charge in [-0.25, -0.2) is 4.79 Å². The highest BCUT2D eigenvalue weighted by molar-refractivity contribution is 6.31. The number of carbonyl (C=O) groups excluding carboxylic acids is 1. The third-order valence-electron chi connectivity index (χ3n) is 1.69. The molecule has 0 spiro atoms. The van der Waals surface area contributed by atoms with E-state index in [2.05, 4.69) is 0 Å². The van der Waals surface area contributed by atoms with Crippen LogP contribution >= 0.6 is 11.6 Å². The molecule has 0 fully saturated rings. The van der Waals surface area contributed by atoms with Crippen LogP contribution in [-0.4, -0.2) is 27.8 Å². The molecule has 14 heavy (non-hydrogen) atoms. The summed E-state index contributed by atoms with van der Waals surface area (Å²) < 4.78 is 0. The predicted octanol–water partition coefficient (Wildman–Crippen LogP) is 1.51. The van der Waals surface area contributed by atoms with Crippen molar-refractivity contribution in [2.75, 3.05) is 5.88 Å². The zero-order chi connectivity index (χ0) is 10.7. The van der Waals surface area contributed by atoms with Crippen LogP contribution in [-0.2, 0) is 0 Å². The lowest BCUT2D eigenvalue weighted by atomic mass is 10.1. The molecule has 4 nitrogen and oxygen atoms in total. The number of aromatic hydroxyl groups is 1. The van der Waals surface area contributed by atoms with E-state index in [0.29, 0.717) is 0 Å². The lowest BCUT2D eigenvalue weighted by molar-refractivity contribution is 0.0693. The number of para-hydroxylation sites is 1. The first-order valence-corrected chi connectivity index (χ1v) is 4.25. The van der Waals surface area contributed by atoms with Gasteiger partial charge in [-0.2, -0.15) is 0 Å². The number of carbonyl (C=O) groups is 2. The van der Waals surface area contributed by atoms with Crippen LogP contribution in [0.2, 0.25) is 0 Å². The number of rotatable bonds is 3. The number of benzene rings is 1. The van der Waals surface area contributed by atoms with Crippen molar-refractivity contribution in [3.05, 3.63) is 29.3 Å². The van der Waals surface area contributed by atoms with Gasteiger partial charge in [0.1, 0.15) is 11.3 Å². The van der Waals surface area contributed by atoms with E-state index < -0.39 is 17.5 Å². The number of halogens is 1. The Morgan fingerprint density at radius 3 is 2.36 bits per heavy atom. The van der Waals surface area contributed by atoms with Crippen molar-refractivity contribution in [1.29, 1.82) is 0 Å².